The molecule has 0 amide bonds. The largest absolute Gasteiger partial charge is 0.310 e. The van der Waals surface area contributed by atoms with Gasteiger partial charge < -0.3 is 5.32 Å². The second-order valence-corrected chi connectivity index (χ2v) is 5.26. The van der Waals surface area contributed by atoms with Crippen molar-refractivity contribution in [2.75, 3.05) is 12.3 Å². The molecule has 0 aromatic heterocycles. The molecule has 88 valence electrons. The Bertz CT molecular complexity index is 354. The summed E-state index contributed by atoms with van der Waals surface area (Å²) in [5.74, 6) is 0.964. The normalized spacial score (nSPS) is 20.2. The van der Waals surface area contributed by atoms with Crippen LogP contribution in [0, 0.1) is 5.82 Å². The zero-order valence-corrected chi connectivity index (χ0v) is 10.4. The van der Waals surface area contributed by atoms with Gasteiger partial charge in [0.1, 0.15) is 5.82 Å². The number of thioether (sulfide) groups is 1. The summed E-state index contributed by atoms with van der Waals surface area (Å²) in [4.78, 5) is 0.855. The fourth-order valence-corrected chi connectivity index (χ4v) is 3.20. The third-order valence-corrected chi connectivity index (χ3v) is 4.11. The van der Waals surface area contributed by atoms with E-state index in [1.165, 1.54) is 0 Å². The third kappa shape index (κ3) is 2.58. The first kappa shape index (κ1) is 11.9. The van der Waals surface area contributed by atoms with Crippen molar-refractivity contribution in [1.29, 1.82) is 0 Å². The average Bonchev–Trinajstić information content (AvgIpc) is 2.50. The van der Waals surface area contributed by atoms with Gasteiger partial charge in [-0.15, -0.1) is 11.8 Å². The Balaban J connectivity index is 2.26. The fourth-order valence-electron chi connectivity index (χ4n) is 2.10. The molecule has 1 aromatic carbocycles. The van der Waals surface area contributed by atoms with Gasteiger partial charge in [0.25, 0.3) is 0 Å². The summed E-state index contributed by atoms with van der Waals surface area (Å²) in [5.41, 5.74) is 1.15. The number of rotatable bonds is 3. The highest BCUT2D eigenvalue weighted by atomic mass is 32.2. The summed E-state index contributed by atoms with van der Waals surface area (Å²) in [6.45, 7) is 3.16. The molecule has 3 heteroatoms. The van der Waals surface area contributed by atoms with E-state index in [0.29, 0.717) is 6.04 Å². The molecule has 1 heterocycles. The second-order valence-electron chi connectivity index (χ2n) is 4.16. The molecule has 1 aliphatic rings. The van der Waals surface area contributed by atoms with Crippen LogP contribution >= 0.6 is 11.8 Å². The zero-order valence-electron chi connectivity index (χ0n) is 9.63. The van der Waals surface area contributed by atoms with Crippen LogP contribution in [0.25, 0.3) is 0 Å². The first-order chi connectivity index (χ1) is 7.83. The van der Waals surface area contributed by atoms with Crippen molar-refractivity contribution in [1.82, 2.24) is 5.32 Å². The Labute approximate surface area is 101 Å². The predicted molar refractivity (Wildman–Crippen MR) is 67.4 cm³/mol. The number of fused-ring (bicyclic) bond motifs is 1. The zero-order chi connectivity index (χ0) is 11.4. The first-order valence-electron chi connectivity index (χ1n) is 5.97. The topological polar surface area (TPSA) is 12.0 Å². The third-order valence-electron chi connectivity index (χ3n) is 2.90. The Kier molecular flexibility index (Phi) is 4.24. The van der Waals surface area contributed by atoms with E-state index < -0.39 is 0 Å². The van der Waals surface area contributed by atoms with Gasteiger partial charge >= 0.3 is 0 Å². The van der Waals surface area contributed by atoms with E-state index in [9.17, 15) is 4.39 Å². The van der Waals surface area contributed by atoms with Crippen LogP contribution < -0.4 is 5.32 Å². The Hall–Kier alpha value is -0.540. The molecule has 1 aliphatic heterocycles. The van der Waals surface area contributed by atoms with Gasteiger partial charge in [0.05, 0.1) is 0 Å². The molecule has 16 heavy (non-hydrogen) atoms. The van der Waals surface area contributed by atoms with Gasteiger partial charge in [0, 0.05) is 10.9 Å². The summed E-state index contributed by atoms with van der Waals surface area (Å²) in [5, 5.41) is 3.51. The molecule has 0 bridgehead atoms. The van der Waals surface area contributed by atoms with Crippen molar-refractivity contribution < 1.29 is 4.39 Å². The predicted octanol–water partition coefficient (Wildman–Crippen LogP) is 3.75. The lowest BCUT2D eigenvalue weighted by atomic mass is 10.0. The van der Waals surface area contributed by atoms with Crippen molar-refractivity contribution in [2.45, 2.75) is 37.1 Å². The minimum Gasteiger partial charge on any atom is -0.310 e. The molecule has 0 spiro atoms. The maximum atomic E-state index is 13.7. The minimum atomic E-state index is -0.0623. The smallest absolute Gasteiger partial charge is 0.137 e. The molecule has 1 nitrogen and oxygen atoms in total. The van der Waals surface area contributed by atoms with Crippen LogP contribution in [-0.4, -0.2) is 12.3 Å². The minimum absolute atomic E-state index is 0.0623. The first-order valence-corrected chi connectivity index (χ1v) is 6.96. The number of hydrogen-bond acceptors (Lipinski definition) is 2. The molecule has 2 rings (SSSR count). The molecule has 0 saturated heterocycles. The molecular formula is C13H18FNS. The molecule has 1 atom stereocenters. The van der Waals surface area contributed by atoms with Gasteiger partial charge in [0.15, 0.2) is 0 Å². The Morgan fingerprint density at radius 3 is 3.19 bits per heavy atom. The van der Waals surface area contributed by atoms with E-state index in [2.05, 4.69) is 18.3 Å². The summed E-state index contributed by atoms with van der Waals surface area (Å²) in [6.07, 6.45) is 3.39. The van der Waals surface area contributed by atoms with Gasteiger partial charge in [0.2, 0.25) is 0 Å². The van der Waals surface area contributed by atoms with E-state index >= 15 is 0 Å². The van der Waals surface area contributed by atoms with Gasteiger partial charge in [-0.1, -0.05) is 19.1 Å². The van der Waals surface area contributed by atoms with Gasteiger partial charge in [-0.2, -0.15) is 0 Å². The van der Waals surface area contributed by atoms with Crippen molar-refractivity contribution >= 4 is 11.8 Å². The number of benzene rings is 1. The quantitative estimate of drug-likeness (QED) is 0.862. The Morgan fingerprint density at radius 2 is 2.38 bits per heavy atom. The maximum Gasteiger partial charge on any atom is 0.137 e. The van der Waals surface area contributed by atoms with E-state index in [0.717, 1.165) is 42.0 Å². The van der Waals surface area contributed by atoms with Gasteiger partial charge in [-0.3, -0.25) is 0 Å². The SMILES string of the molecule is CCCNC1CCCSc2c(F)cccc21. The van der Waals surface area contributed by atoms with Crippen LogP contribution in [0.3, 0.4) is 0 Å². The van der Waals surface area contributed by atoms with Crippen molar-refractivity contribution in [3.05, 3.63) is 29.6 Å². The van der Waals surface area contributed by atoms with Crippen LogP contribution in [0.4, 0.5) is 4.39 Å². The van der Waals surface area contributed by atoms with Crippen LogP contribution in [0.1, 0.15) is 37.8 Å². The summed E-state index contributed by atoms with van der Waals surface area (Å²) in [6, 6.07) is 5.78. The van der Waals surface area contributed by atoms with E-state index in [1.54, 1.807) is 17.8 Å². The van der Waals surface area contributed by atoms with Crippen LogP contribution in [0.5, 0.6) is 0 Å². The van der Waals surface area contributed by atoms with Crippen molar-refractivity contribution in [3.8, 4) is 0 Å². The fraction of sp³-hybridized carbons (Fsp3) is 0.538. The van der Waals surface area contributed by atoms with E-state index in [4.69, 9.17) is 0 Å². The molecular weight excluding hydrogens is 221 g/mol. The van der Waals surface area contributed by atoms with Crippen LogP contribution in [0.2, 0.25) is 0 Å². The number of nitrogens with one attached hydrogen (secondary N) is 1. The van der Waals surface area contributed by atoms with Gasteiger partial charge in [-0.25, -0.2) is 4.39 Å². The highest BCUT2D eigenvalue weighted by Gasteiger charge is 2.20. The summed E-state index contributed by atoms with van der Waals surface area (Å²) in [7, 11) is 0. The number of halogens is 1. The molecule has 0 radical (unpaired) electrons. The maximum absolute atomic E-state index is 13.7. The van der Waals surface area contributed by atoms with E-state index in [1.807, 2.05) is 6.07 Å². The second kappa shape index (κ2) is 5.69. The van der Waals surface area contributed by atoms with Crippen molar-refractivity contribution in [3.63, 3.8) is 0 Å². The monoisotopic (exact) mass is 239 g/mol. The van der Waals surface area contributed by atoms with Crippen LogP contribution in [0.15, 0.2) is 23.1 Å². The molecule has 0 fully saturated rings. The van der Waals surface area contributed by atoms with Gasteiger partial charge in [-0.05, 0) is 43.2 Å². The molecule has 1 unspecified atom stereocenters. The van der Waals surface area contributed by atoms with E-state index in [-0.39, 0.29) is 5.82 Å². The number of hydrogen-bond donors (Lipinski definition) is 1. The lowest BCUT2D eigenvalue weighted by molar-refractivity contribution is 0.486. The Morgan fingerprint density at radius 1 is 1.50 bits per heavy atom. The highest BCUT2D eigenvalue weighted by Crippen LogP contribution is 2.36. The summed E-state index contributed by atoms with van der Waals surface area (Å²) < 4.78 is 13.7. The molecule has 1 N–H and O–H groups in total. The average molecular weight is 239 g/mol. The molecule has 0 aliphatic carbocycles. The van der Waals surface area contributed by atoms with Crippen LogP contribution in [-0.2, 0) is 0 Å². The lowest BCUT2D eigenvalue weighted by Crippen LogP contribution is -2.22. The standard InChI is InChI=1S/C13H18FNS/c1-2-8-15-12-7-4-9-16-13-10(12)5-3-6-11(13)14/h3,5-6,12,15H,2,4,7-9H2,1H3. The lowest BCUT2D eigenvalue weighted by Gasteiger charge is -2.18. The van der Waals surface area contributed by atoms with Crippen molar-refractivity contribution in [2.24, 2.45) is 0 Å². The summed E-state index contributed by atoms with van der Waals surface area (Å²) >= 11 is 1.66. The molecule has 0 saturated carbocycles. The highest BCUT2D eigenvalue weighted by molar-refractivity contribution is 7.99. The molecule has 1 aromatic rings.